The molecule has 0 amide bonds. The van der Waals surface area contributed by atoms with Gasteiger partial charge in [-0.1, -0.05) is 24.3 Å². The maximum atomic E-state index is 13.1. The van der Waals surface area contributed by atoms with Gasteiger partial charge in [0.2, 0.25) is 10.0 Å². The first kappa shape index (κ1) is 17.4. The summed E-state index contributed by atoms with van der Waals surface area (Å²) < 4.78 is 39.6. The van der Waals surface area contributed by atoms with E-state index in [0.29, 0.717) is 18.5 Å². The molecule has 0 bridgehead atoms. The molecule has 0 atom stereocenters. The Morgan fingerprint density at radius 2 is 1.74 bits per heavy atom. The third-order valence-corrected chi connectivity index (χ3v) is 4.79. The van der Waals surface area contributed by atoms with E-state index in [1.807, 2.05) is 43.3 Å². The first-order valence-electron chi connectivity index (χ1n) is 7.34. The minimum absolute atomic E-state index is 0.218. The second-order valence-corrected chi connectivity index (χ2v) is 7.40. The van der Waals surface area contributed by atoms with Crippen molar-refractivity contribution in [2.45, 2.75) is 12.2 Å². The molecule has 2 rings (SSSR count). The van der Waals surface area contributed by atoms with Crippen LogP contribution in [0.4, 0.5) is 10.1 Å². The summed E-state index contributed by atoms with van der Waals surface area (Å²) in [5, 5.41) is 0. The second-order valence-electron chi connectivity index (χ2n) is 5.59. The average Bonchev–Trinajstić information content (AvgIpc) is 2.47. The van der Waals surface area contributed by atoms with Crippen LogP contribution in [0.25, 0.3) is 0 Å². The van der Waals surface area contributed by atoms with E-state index in [9.17, 15) is 12.8 Å². The van der Waals surface area contributed by atoms with E-state index in [2.05, 4.69) is 4.72 Å². The third-order valence-electron chi connectivity index (χ3n) is 3.43. The number of benzene rings is 2. The fourth-order valence-electron chi connectivity index (χ4n) is 2.21. The molecule has 0 aliphatic carbocycles. The van der Waals surface area contributed by atoms with Gasteiger partial charge in [-0.05, 0) is 41.8 Å². The average molecular weight is 336 g/mol. The number of hydrogen-bond donors (Lipinski definition) is 1. The van der Waals surface area contributed by atoms with Crippen LogP contribution in [0.1, 0.15) is 11.1 Å². The van der Waals surface area contributed by atoms with Crippen molar-refractivity contribution >= 4 is 15.7 Å². The molecule has 0 saturated carbocycles. The van der Waals surface area contributed by atoms with Crippen LogP contribution in [0.2, 0.25) is 0 Å². The predicted octanol–water partition coefficient (Wildman–Crippen LogP) is 2.55. The fraction of sp³-hybridized carbons (Fsp3) is 0.294. The highest BCUT2D eigenvalue weighted by molar-refractivity contribution is 7.88. The predicted molar refractivity (Wildman–Crippen MR) is 91.5 cm³/mol. The largest absolute Gasteiger partial charge is 0.378 e. The highest BCUT2D eigenvalue weighted by Crippen LogP contribution is 2.12. The zero-order chi connectivity index (χ0) is 16.9. The Labute approximate surface area is 137 Å². The summed E-state index contributed by atoms with van der Waals surface area (Å²) in [7, 11) is 0.468. The summed E-state index contributed by atoms with van der Waals surface area (Å²) in [6.07, 6.45) is 0.607. The van der Waals surface area contributed by atoms with Crippen LogP contribution >= 0.6 is 0 Å². The van der Waals surface area contributed by atoms with Crippen LogP contribution in [-0.2, 0) is 22.2 Å². The van der Waals surface area contributed by atoms with Gasteiger partial charge in [-0.2, -0.15) is 0 Å². The van der Waals surface area contributed by atoms with Crippen molar-refractivity contribution in [1.29, 1.82) is 0 Å². The van der Waals surface area contributed by atoms with Gasteiger partial charge in [0, 0.05) is 26.3 Å². The molecule has 0 unspecified atom stereocenters. The maximum Gasteiger partial charge on any atom is 0.215 e. The Balaban J connectivity index is 1.87. The lowest BCUT2D eigenvalue weighted by Crippen LogP contribution is -2.27. The first-order valence-corrected chi connectivity index (χ1v) is 8.99. The second kappa shape index (κ2) is 7.57. The van der Waals surface area contributed by atoms with Crippen LogP contribution < -0.4 is 9.62 Å². The Bertz CT molecular complexity index is 743. The molecule has 0 fully saturated rings. The molecule has 0 spiro atoms. The van der Waals surface area contributed by atoms with Crippen molar-refractivity contribution in [1.82, 2.24) is 4.72 Å². The van der Waals surface area contributed by atoms with Crippen molar-refractivity contribution < 1.29 is 12.8 Å². The summed E-state index contributed by atoms with van der Waals surface area (Å²) in [6, 6.07) is 13.6. The first-order chi connectivity index (χ1) is 10.9. The molecule has 2 aromatic carbocycles. The lowest BCUT2D eigenvalue weighted by molar-refractivity contribution is 0.580. The number of anilines is 1. The molecule has 0 aliphatic heterocycles. The number of halogens is 1. The van der Waals surface area contributed by atoms with Crippen LogP contribution in [0.5, 0.6) is 0 Å². The summed E-state index contributed by atoms with van der Waals surface area (Å²) in [5.74, 6) is -0.650. The summed E-state index contributed by atoms with van der Waals surface area (Å²) in [4.78, 5) is 2.01. The monoisotopic (exact) mass is 336 g/mol. The molecule has 0 heterocycles. The normalized spacial score (nSPS) is 11.4. The van der Waals surface area contributed by atoms with E-state index in [-0.39, 0.29) is 5.75 Å². The van der Waals surface area contributed by atoms with E-state index in [0.717, 1.165) is 11.3 Å². The molecule has 4 nitrogen and oxygen atoms in total. The maximum absolute atomic E-state index is 13.1. The molecule has 2 aromatic rings. The van der Waals surface area contributed by atoms with Crippen molar-refractivity contribution in [3.05, 3.63) is 65.5 Å². The molecule has 0 aliphatic rings. The van der Waals surface area contributed by atoms with E-state index < -0.39 is 15.8 Å². The van der Waals surface area contributed by atoms with E-state index >= 15 is 0 Å². The van der Waals surface area contributed by atoms with Gasteiger partial charge in [0.1, 0.15) is 5.82 Å². The minimum atomic E-state index is -3.47. The molecule has 0 saturated heterocycles. The van der Waals surface area contributed by atoms with Crippen molar-refractivity contribution in [3.8, 4) is 0 Å². The quantitative estimate of drug-likeness (QED) is 0.845. The molecular weight excluding hydrogens is 315 g/mol. The summed E-state index contributed by atoms with van der Waals surface area (Å²) >= 11 is 0. The number of nitrogens with one attached hydrogen (secondary N) is 1. The highest BCUT2D eigenvalue weighted by atomic mass is 32.2. The Morgan fingerprint density at radius 3 is 2.35 bits per heavy atom. The van der Waals surface area contributed by atoms with Gasteiger partial charge in [-0.15, -0.1) is 0 Å². The van der Waals surface area contributed by atoms with Crippen LogP contribution in [-0.4, -0.2) is 29.1 Å². The molecule has 0 radical (unpaired) electrons. The van der Waals surface area contributed by atoms with E-state index in [1.165, 1.54) is 18.2 Å². The molecule has 6 heteroatoms. The number of nitrogens with zero attached hydrogens (tertiary/aromatic N) is 1. The van der Waals surface area contributed by atoms with Crippen LogP contribution in [0, 0.1) is 5.82 Å². The van der Waals surface area contributed by atoms with Crippen LogP contribution in [0.15, 0.2) is 48.5 Å². The van der Waals surface area contributed by atoms with Crippen molar-refractivity contribution in [3.63, 3.8) is 0 Å². The standard InChI is InChI=1S/C17H21FN2O2S/c1-20(2)17-8-6-14(7-9-17)10-11-19-23(21,22)13-15-4-3-5-16(18)12-15/h3-9,12,19H,10-11,13H2,1-2H3. The minimum Gasteiger partial charge on any atom is -0.378 e. The zero-order valence-electron chi connectivity index (χ0n) is 13.3. The molecule has 124 valence electrons. The third kappa shape index (κ3) is 5.65. The number of hydrogen-bond acceptors (Lipinski definition) is 3. The Kier molecular flexibility index (Phi) is 5.74. The molecule has 1 N–H and O–H groups in total. The van der Waals surface area contributed by atoms with Gasteiger partial charge in [-0.25, -0.2) is 17.5 Å². The van der Waals surface area contributed by atoms with Gasteiger partial charge < -0.3 is 4.90 Å². The Morgan fingerprint density at radius 1 is 1.04 bits per heavy atom. The van der Waals surface area contributed by atoms with Crippen LogP contribution in [0.3, 0.4) is 0 Å². The number of sulfonamides is 1. The summed E-state index contributed by atoms with van der Waals surface area (Å²) in [5.41, 5.74) is 2.59. The van der Waals surface area contributed by atoms with E-state index in [4.69, 9.17) is 0 Å². The SMILES string of the molecule is CN(C)c1ccc(CCNS(=O)(=O)Cc2cccc(F)c2)cc1. The topological polar surface area (TPSA) is 49.4 Å². The van der Waals surface area contributed by atoms with Gasteiger partial charge in [-0.3, -0.25) is 0 Å². The number of rotatable bonds is 7. The molecular formula is C17H21FN2O2S. The fourth-order valence-corrected chi connectivity index (χ4v) is 3.34. The smallest absolute Gasteiger partial charge is 0.215 e. The molecule has 23 heavy (non-hydrogen) atoms. The zero-order valence-corrected chi connectivity index (χ0v) is 14.1. The van der Waals surface area contributed by atoms with Gasteiger partial charge in [0.15, 0.2) is 0 Å². The molecule has 0 aromatic heterocycles. The van der Waals surface area contributed by atoms with Crippen molar-refractivity contribution in [2.24, 2.45) is 0 Å². The lowest BCUT2D eigenvalue weighted by atomic mass is 10.1. The van der Waals surface area contributed by atoms with Gasteiger partial charge in [0.25, 0.3) is 0 Å². The van der Waals surface area contributed by atoms with Gasteiger partial charge >= 0.3 is 0 Å². The van der Waals surface area contributed by atoms with Crippen molar-refractivity contribution in [2.75, 3.05) is 25.5 Å². The van der Waals surface area contributed by atoms with Gasteiger partial charge in [0.05, 0.1) is 5.75 Å². The lowest BCUT2D eigenvalue weighted by Gasteiger charge is -2.12. The Hall–Kier alpha value is -1.92. The highest BCUT2D eigenvalue weighted by Gasteiger charge is 2.11. The summed E-state index contributed by atoms with van der Waals surface area (Å²) in [6.45, 7) is 0.318. The van der Waals surface area contributed by atoms with E-state index in [1.54, 1.807) is 6.07 Å².